The zero-order valence-corrected chi connectivity index (χ0v) is 15.2. The fraction of sp³-hybridized carbons (Fsp3) is 0.333. The number of esters is 1. The molecule has 0 saturated heterocycles. The molecule has 0 fully saturated rings. The normalized spacial score (nSPS) is 10.4. The van der Waals surface area contributed by atoms with Crippen LogP contribution in [0.4, 0.5) is 0 Å². The van der Waals surface area contributed by atoms with Crippen LogP contribution in [0.15, 0.2) is 35.2 Å². The van der Waals surface area contributed by atoms with E-state index in [-0.39, 0.29) is 24.6 Å². The molecule has 0 aliphatic heterocycles. The molecule has 0 saturated carbocycles. The van der Waals surface area contributed by atoms with Crippen LogP contribution in [0.5, 0.6) is 0 Å². The molecule has 0 unspecified atom stereocenters. The second kappa shape index (κ2) is 8.22. The highest BCUT2D eigenvalue weighted by atomic mass is 32.1. The Kier molecular flexibility index (Phi) is 6.30. The van der Waals surface area contributed by atoms with Gasteiger partial charge in [-0.3, -0.25) is 9.59 Å². The standard InChI is InChI=1S/C18H20O3S2/c1-4-21-17(20)10-7-13(19)18(12(2)3)16-9-8-15(23-16)14-6-5-11-22-14/h5-6,8-9,11H,4,7,10H2,1-3H3. The van der Waals surface area contributed by atoms with Crippen LogP contribution in [0.25, 0.3) is 15.3 Å². The number of ether oxygens (including phenoxy) is 1. The second-order valence-electron chi connectivity index (χ2n) is 5.24. The molecule has 0 N–H and O–H groups in total. The van der Waals surface area contributed by atoms with Crippen molar-refractivity contribution in [3.8, 4) is 9.75 Å². The Morgan fingerprint density at radius 1 is 1.09 bits per heavy atom. The predicted octanol–water partition coefficient (Wildman–Crippen LogP) is 5.18. The van der Waals surface area contributed by atoms with Gasteiger partial charge >= 0.3 is 5.97 Å². The molecule has 2 rings (SSSR count). The van der Waals surface area contributed by atoms with E-state index in [0.717, 1.165) is 20.9 Å². The predicted molar refractivity (Wildman–Crippen MR) is 96.8 cm³/mol. The van der Waals surface area contributed by atoms with Gasteiger partial charge < -0.3 is 4.74 Å². The summed E-state index contributed by atoms with van der Waals surface area (Å²) in [4.78, 5) is 27.3. The third-order valence-corrected chi connectivity index (χ3v) is 5.43. The average molecular weight is 348 g/mol. The molecule has 0 atom stereocenters. The summed E-state index contributed by atoms with van der Waals surface area (Å²) in [6.07, 6.45) is 0.318. The quantitative estimate of drug-likeness (QED) is 0.511. The molecule has 0 aromatic carbocycles. The maximum Gasteiger partial charge on any atom is 0.306 e. The number of Topliss-reactive ketones (excluding diaryl/α,β-unsaturated/α-hetero) is 1. The Labute approximate surface area is 144 Å². The van der Waals surface area contributed by atoms with Gasteiger partial charge in [-0.05, 0) is 44.4 Å². The molecule has 3 nitrogen and oxygen atoms in total. The Bertz CT molecular complexity index is 704. The Morgan fingerprint density at radius 3 is 2.48 bits per heavy atom. The molecule has 0 aliphatic rings. The maximum atomic E-state index is 12.5. The van der Waals surface area contributed by atoms with Crippen molar-refractivity contribution >= 4 is 40.0 Å². The SMILES string of the molecule is CCOC(=O)CCC(=O)C(=C(C)C)c1ccc(-c2cccs2)s1. The fourth-order valence-electron chi connectivity index (χ4n) is 2.26. The molecule has 5 heteroatoms. The van der Waals surface area contributed by atoms with E-state index >= 15 is 0 Å². The molecular weight excluding hydrogens is 328 g/mol. The highest BCUT2D eigenvalue weighted by Gasteiger charge is 2.18. The van der Waals surface area contributed by atoms with Crippen LogP contribution in [0.1, 0.15) is 38.5 Å². The number of thiophene rings is 2. The lowest BCUT2D eigenvalue weighted by Gasteiger charge is -2.07. The summed E-state index contributed by atoms with van der Waals surface area (Å²) < 4.78 is 4.89. The van der Waals surface area contributed by atoms with Gasteiger partial charge in [0, 0.05) is 26.6 Å². The first-order valence-electron chi connectivity index (χ1n) is 7.53. The van der Waals surface area contributed by atoms with Crippen LogP contribution >= 0.6 is 22.7 Å². The number of ketones is 1. The molecule has 0 bridgehead atoms. The van der Waals surface area contributed by atoms with Crippen molar-refractivity contribution in [2.75, 3.05) is 6.61 Å². The van der Waals surface area contributed by atoms with E-state index in [2.05, 4.69) is 6.07 Å². The minimum atomic E-state index is -0.320. The van der Waals surface area contributed by atoms with Gasteiger partial charge in [0.05, 0.1) is 13.0 Å². The van der Waals surface area contributed by atoms with E-state index in [0.29, 0.717) is 6.61 Å². The van der Waals surface area contributed by atoms with Crippen molar-refractivity contribution in [1.29, 1.82) is 0 Å². The van der Waals surface area contributed by atoms with E-state index in [1.807, 2.05) is 37.4 Å². The topological polar surface area (TPSA) is 43.4 Å². The highest BCUT2D eigenvalue weighted by molar-refractivity contribution is 7.22. The van der Waals surface area contributed by atoms with Crippen molar-refractivity contribution in [3.05, 3.63) is 40.1 Å². The van der Waals surface area contributed by atoms with Crippen LogP contribution in [0.3, 0.4) is 0 Å². The molecule has 2 aromatic heterocycles. The third-order valence-electron chi connectivity index (χ3n) is 3.26. The number of carbonyl (C=O) groups excluding carboxylic acids is 2. The summed E-state index contributed by atoms with van der Waals surface area (Å²) in [5, 5.41) is 2.04. The number of hydrogen-bond acceptors (Lipinski definition) is 5. The van der Waals surface area contributed by atoms with Gasteiger partial charge in [0.1, 0.15) is 0 Å². The van der Waals surface area contributed by atoms with Crippen molar-refractivity contribution < 1.29 is 14.3 Å². The zero-order chi connectivity index (χ0) is 16.8. The lowest BCUT2D eigenvalue weighted by Crippen LogP contribution is -2.09. The fourth-order valence-corrected chi connectivity index (χ4v) is 4.27. The van der Waals surface area contributed by atoms with E-state index in [9.17, 15) is 9.59 Å². The molecule has 2 heterocycles. The van der Waals surface area contributed by atoms with E-state index in [1.165, 1.54) is 4.88 Å². The molecule has 0 aliphatic carbocycles. The van der Waals surface area contributed by atoms with Crippen molar-refractivity contribution in [2.45, 2.75) is 33.6 Å². The van der Waals surface area contributed by atoms with E-state index in [1.54, 1.807) is 29.6 Å². The molecule has 0 amide bonds. The van der Waals surface area contributed by atoms with Crippen molar-refractivity contribution in [2.24, 2.45) is 0 Å². The van der Waals surface area contributed by atoms with Gasteiger partial charge in [0.25, 0.3) is 0 Å². The Balaban J connectivity index is 2.15. The van der Waals surface area contributed by atoms with Crippen LogP contribution < -0.4 is 0 Å². The lowest BCUT2D eigenvalue weighted by molar-refractivity contribution is -0.144. The molecule has 2 aromatic rings. The third kappa shape index (κ3) is 4.62. The van der Waals surface area contributed by atoms with Crippen LogP contribution in [-0.2, 0) is 14.3 Å². The molecule has 0 radical (unpaired) electrons. The van der Waals surface area contributed by atoms with Gasteiger partial charge in [-0.15, -0.1) is 22.7 Å². The summed E-state index contributed by atoms with van der Waals surface area (Å²) in [5.41, 5.74) is 1.69. The molecule has 122 valence electrons. The van der Waals surface area contributed by atoms with Gasteiger partial charge in [0.15, 0.2) is 5.78 Å². The summed E-state index contributed by atoms with van der Waals surface area (Å²) >= 11 is 3.30. The molecule has 23 heavy (non-hydrogen) atoms. The second-order valence-corrected chi connectivity index (χ2v) is 7.28. The van der Waals surface area contributed by atoms with Gasteiger partial charge in [-0.1, -0.05) is 11.6 Å². The number of rotatable bonds is 7. The summed E-state index contributed by atoms with van der Waals surface area (Å²) in [6.45, 7) is 5.97. The monoisotopic (exact) mass is 348 g/mol. The smallest absolute Gasteiger partial charge is 0.306 e. The number of allylic oxidation sites excluding steroid dienone is 2. The van der Waals surface area contributed by atoms with Crippen LogP contribution in [-0.4, -0.2) is 18.4 Å². The van der Waals surface area contributed by atoms with Crippen LogP contribution in [0.2, 0.25) is 0 Å². The van der Waals surface area contributed by atoms with E-state index in [4.69, 9.17) is 4.74 Å². The van der Waals surface area contributed by atoms with Crippen molar-refractivity contribution in [1.82, 2.24) is 0 Å². The summed E-state index contributed by atoms with van der Waals surface area (Å²) in [7, 11) is 0. The van der Waals surface area contributed by atoms with E-state index < -0.39 is 0 Å². The lowest BCUT2D eigenvalue weighted by atomic mass is 10.0. The average Bonchev–Trinajstić information content (AvgIpc) is 3.16. The largest absolute Gasteiger partial charge is 0.466 e. The maximum absolute atomic E-state index is 12.5. The van der Waals surface area contributed by atoms with Gasteiger partial charge in [-0.25, -0.2) is 0 Å². The highest BCUT2D eigenvalue weighted by Crippen LogP contribution is 2.36. The number of hydrogen-bond donors (Lipinski definition) is 0. The Hall–Kier alpha value is -1.72. The Morgan fingerprint density at radius 2 is 1.87 bits per heavy atom. The minimum Gasteiger partial charge on any atom is -0.466 e. The van der Waals surface area contributed by atoms with Gasteiger partial charge in [-0.2, -0.15) is 0 Å². The van der Waals surface area contributed by atoms with Crippen molar-refractivity contribution in [3.63, 3.8) is 0 Å². The number of carbonyl (C=O) groups is 2. The van der Waals surface area contributed by atoms with Gasteiger partial charge in [0.2, 0.25) is 0 Å². The first kappa shape index (κ1) is 17.6. The summed E-state index contributed by atoms with van der Waals surface area (Å²) in [6, 6.07) is 8.13. The first-order chi connectivity index (χ1) is 11.0. The minimum absolute atomic E-state index is 0.00219. The molecule has 0 spiro atoms. The first-order valence-corrected chi connectivity index (χ1v) is 9.23. The van der Waals surface area contributed by atoms with Crippen LogP contribution in [0, 0.1) is 0 Å². The summed E-state index contributed by atoms with van der Waals surface area (Å²) in [5.74, 6) is -0.322. The zero-order valence-electron chi connectivity index (χ0n) is 13.5. The molecular formula is C18H20O3S2.